The molecule has 0 unspecified atom stereocenters. The third-order valence-electron chi connectivity index (χ3n) is 3.87. The largest absolute Gasteiger partial charge is 0.356 e. The second kappa shape index (κ2) is 7.27. The molecule has 5 nitrogen and oxygen atoms in total. The standard InChI is InChI=1S/C19H21N3O2/c1-22(2)13-17(14-8-4-3-5-9-14)20-19(23)12-16-15-10-6-7-11-18(15)24-21-16/h3-11,17H,12-13H2,1-2H3,(H,20,23)/t17-/m1/s1. The summed E-state index contributed by atoms with van der Waals surface area (Å²) in [6.45, 7) is 0.731. The molecule has 0 spiro atoms. The van der Waals surface area contributed by atoms with Crippen molar-refractivity contribution in [1.82, 2.24) is 15.4 Å². The van der Waals surface area contributed by atoms with Crippen molar-refractivity contribution in [3.05, 3.63) is 65.9 Å². The number of carbonyl (C=O) groups excluding carboxylic acids is 1. The molecule has 2 aromatic carbocycles. The van der Waals surface area contributed by atoms with Gasteiger partial charge in [-0.2, -0.15) is 0 Å². The van der Waals surface area contributed by atoms with Crippen LogP contribution in [0.1, 0.15) is 17.3 Å². The van der Waals surface area contributed by atoms with Gasteiger partial charge in [0.25, 0.3) is 0 Å². The molecule has 0 saturated carbocycles. The first-order valence-electron chi connectivity index (χ1n) is 7.96. The lowest BCUT2D eigenvalue weighted by molar-refractivity contribution is -0.121. The van der Waals surface area contributed by atoms with Crippen LogP contribution in [0.5, 0.6) is 0 Å². The van der Waals surface area contributed by atoms with Crippen LogP contribution in [0.3, 0.4) is 0 Å². The fourth-order valence-corrected chi connectivity index (χ4v) is 2.75. The second-order valence-corrected chi connectivity index (χ2v) is 6.10. The summed E-state index contributed by atoms with van der Waals surface area (Å²) in [5.74, 6) is -0.0650. The Labute approximate surface area is 141 Å². The molecular formula is C19H21N3O2. The number of amides is 1. The lowest BCUT2D eigenvalue weighted by Crippen LogP contribution is -2.36. The van der Waals surface area contributed by atoms with Crippen molar-refractivity contribution < 1.29 is 9.32 Å². The zero-order valence-electron chi connectivity index (χ0n) is 13.9. The van der Waals surface area contributed by atoms with Crippen LogP contribution in [0, 0.1) is 0 Å². The first-order chi connectivity index (χ1) is 11.6. The van der Waals surface area contributed by atoms with Crippen molar-refractivity contribution in [2.75, 3.05) is 20.6 Å². The minimum absolute atomic E-state index is 0.0631. The molecule has 3 aromatic rings. The van der Waals surface area contributed by atoms with Gasteiger partial charge >= 0.3 is 0 Å². The molecule has 3 rings (SSSR count). The van der Waals surface area contributed by atoms with Gasteiger partial charge in [0.15, 0.2) is 5.58 Å². The van der Waals surface area contributed by atoms with Gasteiger partial charge < -0.3 is 14.7 Å². The molecule has 5 heteroatoms. The van der Waals surface area contributed by atoms with E-state index in [2.05, 4.69) is 15.4 Å². The number of nitrogens with zero attached hydrogens (tertiary/aromatic N) is 2. The summed E-state index contributed by atoms with van der Waals surface area (Å²) in [6, 6.07) is 17.5. The average molecular weight is 323 g/mol. The van der Waals surface area contributed by atoms with Gasteiger partial charge in [-0.1, -0.05) is 47.6 Å². The summed E-state index contributed by atoms with van der Waals surface area (Å²) in [4.78, 5) is 14.6. The summed E-state index contributed by atoms with van der Waals surface area (Å²) >= 11 is 0. The van der Waals surface area contributed by atoms with Crippen LogP contribution in [-0.2, 0) is 11.2 Å². The van der Waals surface area contributed by atoms with Crippen molar-refractivity contribution in [3.8, 4) is 0 Å². The summed E-state index contributed by atoms with van der Waals surface area (Å²) < 4.78 is 5.27. The molecule has 0 aliphatic carbocycles. The number of benzene rings is 2. The molecule has 0 saturated heterocycles. The fourth-order valence-electron chi connectivity index (χ4n) is 2.75. The third-order valence-corrected chi connectivity index (χ3v) is 3.87. The highest BCUT2D eigenvalue weighted by Crippen LogP contribution is 2.19. The van der Waals surface area contributed by atoms with Crippen LogP contribution in [0.15, 0.2) is 59.1 Å². The first-order valence-corrected chi connectivity index (χ1v) is 7.96. The number of hydrogen-bond acceptors (Lipinski definition) is 4. The molecule has 0 bridgehead atoms. The third kappa shape index (κ3) is 3.81. The van der Waals surface area contributed by atoms with E-state index in [-0.39, 0.29) is 18.4 Å². The predicted octanol–water partition coefficient (Wildman–Crippen LogP) is 2.79. The Kier molecular flexibility index (Phi) is 4.91. The van der Waals surface area contributed by atoms with Crippen LogP contribution in [0.25, 0.3) is 11.0 Å². The average Bonchev–Trinajstić information content (AvgIpc) is 2.98. The molecule has 24 heavy (non-hydrogen) atoms. The monoisotopic (exact) mass is 323 g/mol. The van der Waals surface area contributed by atoms with Gasteiger partial charge in [-0.25, -0.2) is 0 Å². The van der Waals surface area contributed by atoms with Crippen molar-refractivity contribution in [2.24, 2.45) is 0 Å². The summed E-state index contributed by atoms with van der Waals surface area (Å²) in [5, 5.41) is 8.02. The molecule has 1 aromatic heterocycles. The smallest absolute Gasteiger partial charge is 0.226 e. The van der Waals surface area contributed by atoms with Crippen molar-refractivity contribution in [3.63, 3.8) is 0 Å². The predicted molar refractivity (Wildman–Crippen MR) is 93.6 cm³/mol. The van der Waals surface area contributed by atoms with E-state index in [0.717, 1.165) is 17.5 Å². The second-order valence-electron chi connectivity index (χ2n) is 6.10. The van der Waals surface area contributed by atoms with Crippen molar-refractivity contribution >= 4 is 16.9 Å². The number of carbonyl (C=O) groups is 1. The highest BCUT2D eigenvalue weighted by Gasteiger charge is 2.18. The van der Waals surface area contributed by atoms with Gasteiger partial charge in [0.05, 0.1) is 12.5 Å². The van der Waals surface area contributed by atoms with E-state index in [0.29, 0.717) is 11.3 Å². The first kappa shape index (κ1) is 16.2. The van der Waals surface area contributed by atoms with E-state index in [1.807, 2.05) is 68.7 Å². The van der Waals surface area contributed by atoms with Gasteiger partial charge in [0.1, 0.15) is 5.69 Å². The molecule has 1 heterocycles. The van der Waals surface area contributed by atoms with Gasteiger partial charge in [0.2, 0.25) is 5.91 Å². The number of para-hydroxylation sites is 1. The van der Waals surface area contributed by atoms with E-state index >= 15 is 0 Å². The van der Waals surface area contributed by atoms with Crippen LogP contribution in [0.4, 0.5) is 0 Å². The number of fused-ring (bicyclic) bond motifs is 1. The Morgan fingerprint density at radius 2 is 1.83 bits per heavy atom. The Balaban J connectivity index is 1.73. The maximum absolute atomic E-state index is 12.5. The molecule has 124 valence electrons. The van der Waals surface area contributed by atoms with Crippen LogP contribution in [0.2, 0.25) is 0 Å². The summed E-state index contributed by atoms with van der Waals surface area (Å²) in [7, 11) is 3.99. The summed E-state index contributed by atoms with van der Waals surface area (Å²) in [5.41, 5.74) is 2.46. The highest BCUT2D eigenvalue weighted by atomic mass is 16.5. The molecule has 0 aliphatic heterocycles. The van der Waals surface area contributed by atoms with E-state index < -0.39 is 0 Å². The van der Waals surface area contributed by atoms with Crippen molar-refractivity contribution in [1.29, 1.82) is 0 Å². The fraction of sp³-hybridized carbons (Fsp3) is 0.263. The topological polar surface area (TPSA) is 58.4 Å². The lowest BCUT2D eigenvalue weighted by atomic mass is 10.1. The highest BCUT2D eigenvalue weighted by molar-refractivity contribution is 5.86. The minimum atomic E-state index is -0.0650. The lowest BCUT2D eigenvalue weighted by Gasteiger charge is -2.22. The van der Waals surface area contributed by atoms with E-state index in [1.165, 1.54) is 0 Å². The molecule has 1 atom stereocenters. The van der Waals surface area contributed by atoms with Gasteiger partial charge in [0, 0.05) is 11.9 Å². The molecule has 0 radical (unpaired) electrons. The van der Waals surface area contributed by atoms with Crippen LogP contribution < -0.4 is 5.32 Å². The minimum Gasteiger partial charge on any atom is -0.356 e. The van der Waals surface area contributed by atoms with Gasteiger partial charge in [-0.15, -0.1) is 0 Å². The van der Waals surface area contributed by atoms with Crippen LogP contribution >= 0.6 is 0 Å². The van der Waals surface area contributed by atoms with E-state index in [9.17, 15) is 4.79 Å². The number of likely N-dealkylation sites (N-methyl/N-ethyl adjacent to an activating group) is 1. The van der Waals surface area contributed by atoms with Gasteiger partial charge in [-0.3, -0.25) is 4.79 Å². The Morgan fingerprint density at radius 3 is 2.58 bits per heavy atom. The zero-order chi connectivity index (χ0) is 16.9. The molecular weight excluding hydrogens is 302 g/mol. The van der Waals surface area contributed by atoms with E-state index in [1.54, 1.807) is 0 Å². The van der Waals surface area contributed by atoms with Crippen LogP contribution in [-0.4, -0.2) is 36.6 Å². The maximum atomic E-state index is 12.5. The molecule has 0 aliphatic rings. The van der Waals surface area contributed by atoms with Gasteiger partial charge in [-0.05, 0) is 31.8 Å². The quantitative estimate of drug-likeness (QED) is 0.758. The van der Waals surface area contributed by atoms with Crippen molar-refractivity contribution in [2.45, 2.75) is 12.5 Å². The maximum Gasteiger partial charge on any atom is 0.226 e. The Hall–Kier alpha value is -2.66. The normalized spacial score (nSPS) is 12.5. The number of hydrogen-bond donors (Lipinski definition) is 1. The SMILES string of the molecule is CN(C)C[C@@H](NC(=O)Cc1noc2ccccc12)c1ccccc1. The van der Waals surface area contributed by atoms with E-state index in [4.69, 9.17) is 4.52 Å². The Morgan fingerprint density at radius 1 is 1.12 bits per heavy atom. The number of rotatable bonds is 6. The molecule has 1 amide bonds. The summed E-state index contributed by atoms with van der Waals surface area (Å²) in [6.07, 6.45) is 0.202. The zero-order valence-corrected chi connectivity index (χ0v) is 13.9. The molecule has 1 N–H and O–H groups in total. The number of nitrogens with one attached hydrogen (secondary N) is 1. The Bertz CT molecular complexity index is 812. The number of aromatic nitrogens is 1. The molecule has 0 fully saturated rings.